The number of pyridine rings is 1. The van der Waals surface area contributed by atoms with Crippen molar-refractivity contribution < 1.29 is 21.6 Å². The first-order chi connectivity index (χ1) is 8.25. The van der Waals surface area contributed by atoms with E-state index in [-0.39, 0.29) is 10.9 Å². The highest BCUT2D eigenvalue weighted by Crippen LogP contribution is 2.37. The third-order valence-electron chi connectivity index (χ3n) is 2.34. The maximum atomic E-state index is 12.6. The Morgan fingerprint density at radius 2 is 1.83 bits per heavy atom. The molecule has 0 atom stereocenters. The summed E-state index contributed by atoms with van der Waals surface area (Å²) in [7, 11) is -5.50. The summed E-state index contributed by atoms with van der Waals surface area (Å²) in [5.74, 6) is 0. The quantitative estimate of drug-likeness (QED) is 0.810. The predicted octanol–water partition coefficient (Wildman–Crippen LogP) is 2.11. The molecule has 1 aromatic carbocycles. The molecule has 96 valence electrons. The van der Waals surface area contributed by atoms with Gasteiger partial charge in [0.25, 0.3) is 9.84 Å². The first-order valence-electron chi connectivity index (χ1n) is 4.70. The van der Waals surface area contributed by atoms with E-state index >= 15 is 0 Å². The van der Waals surface area contributed by atoms with Gasteiger partial charge in [-0.2, -0.15) is 13.2 Å². The molecule has 0 aliphatic rings. The van der Waals surface area contributed by atoms with Crippen LogP contribution in [-0.2, 0) is 9.84 Å². The molecule has 0 bridgehead atoms. The lowest BCUT2D eigenvalue weighted by molar-refractivity contribution is -0.0435. The molecule has 0 saturated heterocycles. The lowest BCUT2D eigenvalue weighted by Crippen LogP contribution is -2.24. The number of hydrogen-bond acceptors (Lipinski definition) is 4. The van der Waals surface area contributed by atoms with Crippen LogP contribution in [0.25, 0.3) is 10.9 Å². The van der Waals surface area contributed by atoms with Gasteiger partial charge >= 0.3 is 5.51 Å². The van der Waals surface area contributed by atoms with Crippen molar-refractivity contribution in [2.24, 2.45) is 0 Å². The Balaban J connectivity index is 2.91. The van der Waals surface area contributed by atoms with E-state index in [9.17, 15) is 21.6 Å². The van der Waals surface area contributed by atoms with Gasteiger partial charge in [0.1, 0.15) is 4.90 Å². The summed E-state index contributed by atoms with van der Waals surface area (Å²) < 4.78 is 60.6. The first-order valence-corrected chi connectivity index (χ1v) is 6.18. The summed E-state index contributed by atoms with van der Waals surface area (Å²) in [5.41, 5.74) is -0.352. The number of nitrogen functional groups attached to an aromatic ring is 1. The molecular formula is C10H7F3N2O2S. The molecule has 0 aliphatic heterocycles. The van der Waals surface area contributed by atoms with E-state index in [1.54, 1.807) is 0 Å². The van der Waals surface area contributed by atoms with E-state index in [1.807, 2.05) is 0 Å². The second kappa shape index (κ2) is 3.84. The molecule has 4 nitrogen and oxygen atoms in total. The lowest BCUT2D eigenvalue weighted by atomic mass is 10.2. The summed E-state index contributed by atoms with van der Waals surface area (Å²) in [6.07, 6.45) is 1.35. The van der Waals surface area contributed by atoms with Crippen molar-refractivity contribution in [3.8, 4) is 0 Å². The number of aromatic nitrogens is 1. The number of nitrogens with zero attached hydrogens (tertiary/aromatic N) is 1. The smallest absolute Gasteiger partial charge is 0.398 e. The minimum atomic E-state index is -5.50. The first kappa shape index (κ1) is 12.6. The Morgan fingerprint density at radius 1 is 1.17 bits per heavy atom. The van der Waals surface area contributed by atoms with E-state index in [1.165, 1.54) is 24.4 Å². The largest absolute Gasteiger partial charge is 0.502 e. The second-order valence-electron chi connectivity index (χ2n) is 3.50. The minimum absolute atomic E-state index is 0.134. The fourth-order valence-electron chi connectivity index (χ4n) is 1.56. The van der Waals surface area contributed by atoms with Crippen LogP contribution in [0.5, 0.6) is 0 Å². The molecule has 2 rings (SSSR count). The lowest BCUT2D eigenvalue weighted by Gasteiger charge is -2.12. The van der Waals surface area contributed by atoms with E-state index in [2.05, 4.69) is 4.98 Å². The third-order valence-corrected chi connectivity index (χ3v) is 3.94. The average Bonchev–Trinajstić information content (AvgIpc) is 2.26. The SMILES string of the molecule is Nc1ccc2ncccc2c1S(=O)(=O)C(F)(F)F. The van der Waals surface area contributed by atoms with Gasteiger partial charge < -0.3 is 5.73 Å². The maximum Gasteiger partial charge on any atom is 0.502 e. The molecule has 0 spiro atoms. The van der Waals surface area contributed by atoms with Crippen molar-refractivity contribution in [2.45, 2.75) is 10.4 Å². The zero-order chi connectivity index (χ0) is 13.6. The average molecular weight is 276 g/mol. The van der Waals surface area contributed by atoms with Gasteiger partial charge in [-0.1, -0.05) is 0 Å². The fourth-order valence-corrected chi connectivity index (χ4v) is 2.63. The standard InChI is InChI=1S/C10H7F3N2O2S/c11-10(12,13)18(16,17)9-6-2-1-5-15-8(6)4-3-7(9)14/h1-5H,14H2. The van der Waals surface area contributed by atoms with Gasteiger partial charge in [0.05, 0.1) is 11.2 Å². The van der Waals surface area contributed by atoms with Crippen LogP contribution < -0.4 is 5.73 Å². The summed E-state index contributed by atoms with van der Waals surface area (Å²) in [4.78, 5) is 2.85. The maximum absolute atomic E-state index is 12.6. The minimum Gasteiger partial charge on any atom is -0.398 e. The van der Waals surface area contributed by atoms with Crippen LogP contribution >= 0.6 is 0 Å². The van der Waals surface area contributed by atoms with E-state index in [0.717, 1.165) is 6.07 Å². The van der Waals surface area contributed by atoms with Crippen LogP contribution in [0.4, 0.5) is 18.9 Å². The molecule has 2 aromatic rings. The van der Waals surface area contributed by atoms with E-state index in [0.29, 0.717) is 0 Å². The molecule has 0 radical (unpaired) electrons. The Hall–Kier alpha value is -1.83. The highest BCUT2D eigenvalue weighted by molar-refractivity contribution is 7.92. The monoisotopic (exact) mass is 276 g/mol. The Labute approximate surface area is 100 Å². The molecule has 0 fully saturated rings. The number of alkyl halides is 3. The van der Waals surface area contributed by atoms with Gasteiger partial charge in [-0.3, -0.25) is 4.98 Å². The summed E-state index contributed by atoms with van der Waals surface area (Å²) in [5, 5.41) is -0.144. The van der Waals surface area contributed by atoms with Crippen molar-refractivity contribution >= 4 is 26.4 Å². The van der Waals surface area contributed by atoms with Crippen molar-refractivity contribution in [1.29, 1.82) is 0 Å². The fraction of sp³-hybridized carbons (Fsp3) is 0.100. The van der Waals surface area contributed by atoms with Crippen LogP contribution in [0.3, 0.4) is 0 Å². The van der Waals surface area contributed by atoms with Crippen molar-refractivity contribution in [3.05, 3.63) is 30.5 Å². The van der Waals surface area contributed by atoms with Gasteiger partial charge in [0.2, 0.25) is 0 Å². The van der Waals surface area contributed by atoms with Crippen LogP contribution in [0, 0.1) is 0 Å². The van der Waals surface area contributed by atoms with Crippen molar-refractivity contribution in [3.63, 3.8) is 0 Å². The number of sulfone groups is 1. The van der Waals surface area contributed by atoms with Crippen LogP contribution in [0.1, 0.15) is 0 Å². The Morgan fingerprint density at radius 3 is 2.44 bits per heavy atom. The number of rotatable bonds is 1. The number of hydrogen-bond donors (Lipinski definition) is 1. The molecule has 8 heteroatoms. The molecule has 1 aromatic heterocycles. The number of fused-ring (bicyclic) bond motifs is 1. The topological polar surface area (TPSA) is 73.0 Å². The number of anilines is 1. The zero-order valence-corrected chi connectivity index (χ0v) is 9.59. The van der Waals surface area contributed by atoms with Gasteiger partial charge in [-0.25, -0.2) is 8.42 Å². The van der Waals surface area contributed by atoms with E-state index < -0.39 is 25.9 Å². The van der Waals surface area contributed by atoms with Gasteiger partial charge in [-0.15, -0.1) is 0 Å². The molecule has 2 N–H and O–H groups in total. The highest BCUT2D eigenvalue weighted by atomic mass is 32.2. The van der Waals surface area contributed by atoms with Crippen molar-refractivity contribution in [1.82, 2.24) is 4.98 Å². The molecule has 0 unspecified atom stereocenters. The Kier molecular flexibility index (Phi) is 2.69. The van der Waals surface area contributed by atoms with Gasteiger partial charge in [0.15, 0.2) is 0 Å². The van der Waals surface area contributed by atoms with Gasteiger partial charge in [0, 0.05) is 11.6 Å². The van der Waals surface area contributed by atoms with E-state index in [4.69, 9.17) is 5.73 Å². The van der Waals surface area contributed by atoms with Crippen LogP contribution in [0.2, 0.25) is 0 Å². The van der Waals surface area contributed by atoms with Crippen molar-refractivity contribution in [2.75, 3.05) is 5.73 Å². The molecule has 0 amide bonds. The van der Waals surface area contributed by atoms with Gasteiger partial charge in [-0.05, 0) is 24.3 Å². The van der Waals surface area contributed by atoms with Crippen LogP contribution in [-0.4, -0.2) is 18.9 Å². The third kappa shape index (κ3) is 1.78. The summed E-state index contributed by atoms with van der Waals surface area (Å²) in [6.45, 7) is 0. The highest BCUT2D eigenvalue weighted by Gasteiger charge is 2.48. The summed E-state index contributed by atoms with van der Waals surface area (Å²) >= 11 is 0. The van der Waals surface area contributed by atoms with Crippen LogP contribution in [0.15, 0.2) is 35.4 Å². The molecule has 0 saturated carbocycles. The number of halogens is 3. The number of nitrogens with two attached hydrogens (primary N) is 1. The molecule has 1 heterocycles. The normalized spacial score (nSPS) is 12.8. The predicted molar refractivity (Wildman–Crippen MR) is 59.4 cm³/mol. The molecule has 18 heavy (non-hydrogen) atoms. The zero-order valence-electron chi connectivity index (χ0n) is 8.77. The second-order valence-corrected chi connectivity index (χ2v) is 5.38. The summed E-state index contributed by atoms with van der Waals surface area (Å²) in [6, 6.07) is 5.03. The molecular weight excluding hydrogens is 269 g/mol. The number of benzene rings is 1. The molecule has 0 aliphatic carbocycles. The Bertz CT molecular complexity index is 711.